The van der Waals surface area contributed by atoms with Crippen LogP contribution in [0.4, 0.5) is 0 Å². The smallest absolute Gasteiger partial charge is 0.268 e. The van der Waals surface area contributed by atoms with Crippen molar-refractivity contribution in [1.29, 1.82) is 0 Å². The minimum atomic E-state index is -0.0935. The lowest BCUT2D eigenvalue weighted by atomic mass is 10.2. The molecule has 4 rings (SSSR count). The number of halogens is 1. The number of fused-ring (bicyclic) bond motifs is 1. The van der Waals surface area contributed by atoms with Crippen LogP contribution in [0, 0.1) is 0 Å². The molecule has 0 amide bonds. The van der Waals surface area contributed by atoms with Gasteiger partial charge >= 0.3 is 0 Å². The van der Waals surface area contributed by atoms with Gasteiger partial charge in [-0.1, -0.05) is 34.1 Å². The van der Waals surface area contributed by atoms with E-state index in [9.17, 15) is 4.79 Å². The molecule has 1 N–H and O–H groups in total. The van der Waals surface area contributed by atoms with Crippen LogP contribution in [0.2, 0.25) is 0 Å². The molecule has 2 aromatic heterocycles. The summed E-state index contributed by atoms with van der Waals surface area (Å²) < 4.78 is 6.94. The highest BCUT2D eigenvalue weighted by atomic mass is 79.9. The maximum absolute atomic E-state index is 12.6. The van der Waals surface area contributed by atoms with Gasteiger partial charge in [0.05, 0.1) is 19.2 Å². The summed E-state index contributed by atoms with van der Waals surface area (Å²) in [7, 11) is 3.66. The van der Waals surface area contributed by atoms with Gasteiger partial charge in [-0.3, -0.25) is 9.69 Å². The van der Waals surface area contributed by atoms with Gasteiger partial charge in [0.1, 0.15) is 16.3 Å². The first-order chi connectivity index (χ1) is 14.0. The van der Waals surface area contributed by atoms with E-state index in [-0.39, 0.29) is 5.56 Å². The summed E-state index contributed by atoms with van der Waals surface area (Å²) in [4.78, 5) is 23.4. The number of thiophene rings is 1. The molecule has 0 radical (unpaired) electrons. The lowest BCUT2D eigenvalue weighted by Gasteiger charge is -2.16. The number of ether oxygens (including phenoxy) is 1. The second-order valence-corrected chi connectivity index (χ2v) is 8.74. The van der Waals surface area contributed by atoms with Gasteiger partial charge in [0.2, 0.25) is 0 Å². The Morgan fingerprint density at radius 2 is 1.90 bits per heavy atom. The summed E-state index contributed by atoms with van der Waals surface area (Å²) in [6.07, 6.45) is 0. The van der Waals surface area contributed by atoms with Crippen LogP contribution in [-0.2, 0) is 13.1 Å². The van der Waals surface area contributed by atoms with Crippen LogP contribution < -0.4 is 10.3 Å². The zero-order valence-corrected chi connectivity index (χ0v) is 18.5. The van der Waals surface area contributed by atoms with E-state index in [0.717, 1.165) is 32.7 Å². The van der Waals surface area contributed by atoms with E-state index in [1.54, 1.807) is 7.11 Å². The van der Waals surface area contributed by atoms with Gasteiger partial charge in [0, 0.05) is 15.9 Å². The summed E-state index contributed by atoms with van der Waals surface area (Å²) in [6, 6.07) is 17.9. The molecule has 0 saturated heterocycles. The van der Waals surface area contributed by atoms with Gasteiger partial charge in [-0.05, 0) is 54.6 Å². The standard InChI is InChI=1S/C22H20BrN3O2S/c1-26(12-15-5-3-4-6-17(15)23)13-20-24-18-11-19(29-21(18)22(27)25-20)14-7-9-16(28-2)10-8-14/h3-11H,12-13H2,1-2H3,(H,24,25,27). The molecule has 2 aromatic carbocycles. The Kier molecular flexibility index (Phi) is 5.80. The Morgan fingerprint density at radius 1 is 1.14 bits per heavy atom. The van der Waals surface area contributed by atoms with Gasteiger partial charge in [0.15, 0.2) is 0 Å². The lowest BCUT2D eigenvalue weighted by molar-refractivity contribution is 0.310. The van der Waals surface area contributed by atoms with Crippen molar-refractivity contribution in [3.8, 4) is 16.2 Å². The average molecular weight is 470 g/mol. The van der Waals surface area contributed by atoms with Crippen LogP contribution in [0.3, 0.4) is 0 Å². The number of nitrogens with zero attached hydrogens (tertiary/aromatic N) is 2. The molecule has 0 fully saturated rings. The molecule has 0 aliphatic rings. The number of benzene rings is 2. The highest BCUT2D eigenvalue weighted by Crippen LogP contribution is 2.31. The van der Waals surface area contributed by atoms with Gasteiger partial charge in [-0.25, -0.2) is 4.98 Å². The Bertz CT molecular complexity index is 1200. The lowest BCUT2D eigenvalue weighted by Crippen LogP contribution is -2.21. The average Bonchev–Trinajstić information content (AvgIpc) is 3.14. The van der Waals surface area contributed by atoms with Gasteiger partial charge in [0.25, 0.3) is 5.56 Å². The Hall–Kier alpha value is -2.48. The molecule has 7 heteroatoms. The topological polar surface area (TPSA) is 58.2 Å². The number of aromatic amines is 1. The van der Waals surface area contributed by atoms with E-state index in [2.05, 4.69) is 31.9 Å². The van der Waals surface area contributed by atoms with E-state index in [1.807, 2.05) is 55.6 Å². The molecule has 5 nitrogen and oxygen atoms in total. The van der Waals surface area contributed by atoms with Crippen molar-refractivity contribution in [3.05, 3.63) is 80.8 Å². The molecule has 0 atom stereocenters. The molecule has 0 unspecified atom stereocenters. The number of H-pyrrole nitrogens is 1. The van der Waals surface area contributed by atoms with Gasteiger partial charge in [-0.2, -0.15) is 0 Å². The Labute approximate surface area is 181 Å². The predicted octanol–water partition coefficient (Wildman–Crippen LogP) is 5.05. The summed E-state index contributed by atoms with van der Waals surface area (Å²) >= 11 is 5.04. The fourth-order valence-electron chi connectivity index (χ4n) is 3.19. The second-order valence-electron chi connectivity index (χ2n) is 6.83. The van der Waals surface area contributed by atoms with E-state index in [1.165, 1.54) is 16.9 Å². The number of nitrogens with one attached hydrogen (secondary N) is 1. The van der Waals surface area contributed by atoms with E-state index in [0.29, 0.717) is 17.1 Å². The quantitative estimate of drug-likeness (QED) is 0.428. The van der Waals surface area contributed by atoms with Crippen molar-refractivity contribution >= 4 is 37.5 Å². The third kappa shape index (κ3) is 4.42. The maximum Gasteiger partial charge on any atom is 0.268 e. The minimum Gasteiger partial charge on any atom is -0.497 e. The summed E-state index contributed by atoms with van der Waals surface area (Å²) in [5, 5.41) is 0. The SMILES string of the molecule is COc1ccc(-c2cc3nc(CN(C)Cc4ccccc4Br)[nH]c(=O)c3s2)cc1. The Balaban J connectivity index is 1.58. The molecule has 148 valence electrons. The molecule has 0 aliphatic carbocycles. The molecule has 0 saturated carbocycles. The zero-order chi connectivity index (χ0) is 20.4. The van der Waals surface area contributed by atoms with Crippen LogP contribution in [0.5, 0.6) is 5.75 Å². The fourth-order valence-corrected chi connectivity index (χ4v) is 4.60. The first-order valence-electron chi connectivity index (χ1n) is 9.12. The number of methoxy groups -OCH3 is 1. The molecule has 2 heterocycles. The number of rotatable bonds is 6. The van der Waals surface area contributed by atoms with Crippen LogP contribution in [-0.4, -0.2) is 29.0 Å². The molecular weight excluding hydrogens is 450 g/mol. The third-order valence-corrected chi connectivity index (χ3v) is 6.57. The highest BCUT2D eigenvalue weighted by molar-refractivity contribution is 9.10. The number of hydrogen-bond donors (Lipinski definition) is 1. The van der Waals surface area contributed by atoms with Crippen molar-refractivity contribution in [3.63, 3.8) is 0 Å². The van der Waals surface area contributed by atoms with Crippen molar-refractivity contribution < 1.29 is 4.74 Å². The van der Waals surface area contributed by atoms with Crippen molar-refractivity contribution in [2.75, 3.05) is 14.2 Å². The highest BCUT2D eigenvalue weighted by Gasteiger charge is 2.12. The van der Waals surface area contributed by atoms with E-state index in [4.69, 9.17) is 9.72 Å². The normalized spacial score (nSPS) is 11.3. The molecule has 0 spiro atoms. The molecular formula is C22H20BrN3O2S. The molecule has 0 aliphatic heterocycles. The summed E-state index contributed by atoms with van der Waals surface area (Å²) in [5.41, 5.74) is 2.87. The van der Waals surface area contributed by atoms with Gasteiger partial charge < -0.3 is 9.72 Å². The number of hydrogen-bond acceptors (Lipinski definition) is 5. The summed E-state index contributed by atoms with van der Waals surface area (Å²) in [5.74, 6) is 1.47. The first kappa shape index (κ1) is 19.8. The van der Waals surface area contributed by atoms with Crippen LogP contribution in [0.15, 0.2) is 63.9 Å². The van der Waals surface area contributed by atoms with Crippen molar-refractivity contribution in [2.45, 2.75) is 13.1 Å². The largest absolute Gasteiger partial charge is 0.497 e. The van der Waals surface area contributed by atoms with Crippen molar-refractivity contribution in [1.82, 2.24) is 14.9 Å². The molecule has 4 aromatic rings. The van der Waals surface area contributed by atoms with Crippen LogP contribution in [0.25, 0.3) is 20.7 Å². The predicted molar refractivity (Wildman–Crippen MR) is 122 cm³/mol. The Morgan fingerprint density at radius 3 is 2.62 bits per heavy atom. The minimum absolute atomic E-state index is 0.0935. The van der Waals surface area contributed by atoms with Gasteiger partial charge in [-0.15, -0.1) is 11.3 Å². The zero-order valence-electron chi connectivity index (χ0n) is 16.1. The second kappa shape index (κ2) is 8.49. The molecule has 29 heavy (non-hydrogen) atoms. The van der Waals surface area contributed by atoms with Crippen molar-refractivity contribution in [2.24, 2.45) is 0 Å². The molecule has 0 bridgehead atoms. The van der Waals surface area contributed by atoms with Crippen LogP contribution >= 0.6 is 27.3 Å². The first-order valence-corrected chi connectivity index (χ1v) is 10.7. The van der Waals surface area contributed by atoms with E-state index >= 15 is 0 Å². The van der Waals surface area contributed by atoms with Crippen LogP contribution in [0.1, 0.15) is 11.4 Å². The van der Waals surface area contributed by atoms with E-state index < -0.39 is 0 Å². The monoisotopic (exact) mass is 469 g/mol. The maximum atomic E-state index is 12.6. The third-order valence-electron chi connectivity index (χ3n) is 4.62. The summed E-state index contributed by atoms with van der Waals surface area (Å²) in [6.45, 7) is 1.31. The fraction of sp³-hybridized carbons (Fsp3) is 0.182. The number of aromatic nitrogens is 2.